The van der Waals surface area contributed by atoms with Crippen LogP contribution < -0.4 is 5.73 Å². The van der Waals surface area contributed by atoms with Crippen LogP contribution in [0.5, 0.6) is 0 Å². The number of pyridine rings is 2. The van der Waals surface area contributed by atoms with Crippen LogP contribution in [0.15, 0.2) is 48.7 Å². The quantitative estimate of drug-likeness (QED) is 0.529. The fourth-order valence-electron chi connectivity index (χ4n) is 3.55. The predicted octanol–water partition coefficient (Wildman–Crippen LogP) is 5.08. The number of nitrogens with two attached hydrogens (primary N) is 1. The second-order valence-corrected chi connectivity index (χ2v) is 7.19. The van der Waals surface area contributed by atoms with Crippen molar-refractivity contribution in [1.82, 2.24) is 9.97 Å². The van der Waals surface area contributed by atoms with E-state index in [1.165, 1.54) is 27.8 Å². The van der Waals surface area contributed by atoms with Crippen LogP contribution in [0.25, 0.3) is 21.8 Å². The van der Waals surface area contributed by atoms with Crippen LogP contribution in [0.4, 0.5) is 5.82 Å². The molecule has 2 N–H and O–H groups in total. The summed E-state index contributed by atoms with van der Waals surface area (Å²) in [6, 6.07) is 15.2. The van der Waals surface area contributed by atoms with Gasteiger partial charge in [0.05, 0.1) is 5.52 Å². The molecule has 26 heavy (non-hydrogen) atoms. The summed E-state index contributed by atoms with van der Waals surface area (Å²) in [5, 5.41) is 2.20. The lowest BCUT2D eigenvalue weighted by atomic mass is 9.98. The zero-order valence-corrected chi connectivity index (χ0v) is 15.5. The summed E-state index contributed by atoms with van der Waals surface area (Å²) >= 11 is 0. The maximum atomic E-state index is 6.15. The molecule has 130 valence electrons. The number of benzene rings is 2. The molecule has 0 radical (unpaired) electrons. The molecule has 0 fully saturated rings. The Kier molecular flexibility index (Phi) is 4.08. The highest BCUT2D eigenvalue weighted by atomic mass is 14.9. The largest absolute Gasteiger partial charge is 0.382 e. The Hall–Kier alpha value is -2.94. The van der Waals surface area contributed by atoms with Gasteiger partial charge in [-0.15, -0.1) is 0 Å². The van der Waals surface area contributed by atoms with Crippen molar-refractivity contribution in [3.8, 4) is 0 Å². The van der Waals surface area contributed by atoms with Gasteiger partial charge in [-0.3, -0.25) is 4.98 Å². The van der Waals surface area contributed by atoms with E-state index >= 15 is 0 Å². The van der Waals surface area contributed by atoms with Gasteiger partial charge in [0.1, 0.15) is 5.52 Å². The van der Waals surface area contributed by atoms with Crippen molar-refractivity contribution in [2.75, 3.05) is 5.73 Å². The highest BCUT2D eigenvalue weighted by molar-refractivity contribution is 6.08. The van der Waals surface area contributed by atoms with Gasteiger partial charge in [-0.1, -0.05) is 35.9 Å². The second kappa shape index (κ2) is 6.41. The highest BCUT2D eigenvalue weighted by Crippen LogP contribution is 2.28. The normalized spacial score (nSPS) is 11.3. The minimum Gasteiger partial charge on any atom is -0.382 e. The molecule has 0 atom stereocenters. The lowest BCUT2D eigenvalue weighted by molar-refractivity contribution is 0.942. The number of aromatic nitrogens is 2. The molecule has 2 heterocycles. The third-order valence-electron chi connectivity index (χ3n) is 5.06. The Labute approximate surface area is 153 Å². The van der Waals surface area contributed by atoms with E-state index in [9.17, 15) is 0 Å². The van der Waals surface area contributed by atoms with Gasteiger partial charge in [0.15, 0.2) is 5.82 Å². The molecule has 2 aromatic heterocycles. The van der Waals surface area contributed by atoms with E-state index < -0.39 is 0 Å². The maximum absolute atomic E-state index is 6.15. The van der Waals surface area contributed by atoms with Crippen LogP contribution in [0.3, 0.4) is 0 Å². The Morgan fingerprint density at radius 1 is 0.846 bits per heavy atom. The molecular formula is C23H23N3. The molecule has 0 saturated carbocycles. The first-order chi connectivity index (χ1) is 12.5. The number of rotatable bonds is 3. The summed E-state index contributed by atoms with van der Waals surface area (Å²) in [6.45, 7) is 6.39. The van der Waals surface area contributed by atoms with Gasteiger partial charge >= 0.3 is 0 Å². The van der Waals surface area contributed by atoms with E-state index in [1.54, 1.807) is 0 Å². The van der Waals surface area contributed by atoms with Crippen LogP contribution in [-0.2, 0) is 12.8 Å². The van der Waals surface area contributed by atoms with Crippen molar-refractivity contribution in [2.24, 2.45) is 0 Å². The van der Waals surface area contributed by atoms with E-state index in [2.05, 4.69) is 73.2 Å². The standard InChI is InChI=1S/C23H23N3/c1-14-4-6-16(3)18(10-14)8-7-17-12-20-19-9-5-15(2)11-21(19)26-23(24)22(20)25-13-17/h4-6,9-13H,7-8H2,1-3H3,(H2,24,26). The van der Waals surface area contributed by atoms with Crippen molar-refractivity contribution in [1.29, 1.82) is 0 Å². The molecule has 4 rings (SSSR count). The molecule has 0 amide bonds. The smallest absolute Gasteiger partial charge is 0.150 e. The number of nitrogen functional groups attached to an aromatic ring is 1. The van der Waals surface area contributed by atoms with Crippen molar-refractivity contribution in [3.63, 3.8) is 0 Å². The van der Waals surface area contributed by atoms with Gasteiger partial charge in [0.25, 0.3) is 0 Å². The first-order valence-corrected chi connectivity index (χ1v) is 9.02. The molecule has 2 aromatic carbocycles. The fourth-order valence-corrected chi connectivity index (χ4v) is 3.55. The number of hydrogen-bond acceptors (Lipinski definition) is 3. The number of hydrogen-bond donors (Lipinski definition) is 1. The molecule has 0 bridgehead atoms. The third kappa shape index (κ3) is 3.01. The van der Waals surface area contributed by atoms with Gasteiger partial charge in [-0.2, -0.15) is 0 Å². The zero-order valence-electron chi connectivity index (χ0n) is 15.5. The molecule has 0 spiro atoms. The molecule has 0 aliphatic carbocycles. The highest BCUT2D eigenvalue weighted by Gasteiger charge is 2.09. The Morgan fingerprint density at radius 3 is 2.46 bits per heavy atom. The SMILES string of the molecule is Cc1ccc(C)c(CCc2cnc3c(N)nc4cc(C)ccc4c3c2)c1. The monoisotopic (exact) mass is 341 g/mol. The molecule has 3 nitrogen and oxygen atoms in total. The Bertz CT molecular complexity index is 1130. The van der Waals surface area contributed by atoms with Crippen LogP contribution in [0, 0.1) is 20.8 Å². The molecular weight excluding hydrogens is 318 g/mol. The van der Waals surface area contributed by atoms with E-state index in [-0.39, 0.29) is 0 Å². The Morgan fingerprint density at radius 2 is 1.62 bits per heavy atom. The van der Waals surface area contributed by atoms with Crippen LogP contribution >= 0.6 is 0 Å². The molecule has 0 saturated heterocycles. The van der Waals surface area contributed by atoms with E-state index in [1.807, 2.05) is 6.20 Å². The van der Waals surface area contributed by atoms with Crippen molar-refractivity contribution in [2.45, 2.75) is 33.6 Å². The van der Waals surface area contributed by atoms with Crippen LogP contribution in [0.1, 0.15) is 27.8 Å². The molecule has 0 aliphatic heterocycles. The summed E-state index contributed by atoms with van der Waals surface area (Å²) in [7, 11) is 0. The second-order valence-electron chi connectivity index (χ2n) is 7.19. The van der Waals surface area contributed by atoms with Crippen molar-refractivity contribution in [3.05, 3.63) is 76.5 Å². The van der Waals surface area contributed by atoms with E-state index in [0.717, 1.165) is 34.6 Å². The first kappa shape index (κ1) is 16.5. The summed E-state index contributed by atoms with van der Waals surface area (Å²) in [4.78, 5) is 9.14. The summed E-state index contributed by atoms with van der Waals surface area (Å²) in [5.74, 6) is 0.499. The minimum absolute atomic E-state index is 0.499. The van der Waals surface area contributed by atoms with Gasteiger partial charge in [0, 0.05) is 17.0 Å². The summed E-state index contributed by atoms with van der Waals surface area (Å²) < 4.78 is 0. The van der Waals surface area contributed by atoms with Crippen molar-refractivity contribution >= 4 is 27.6 Å². The van der Waals surface area contributed by atoms with E-state index in [4.69, 9.17) is 5.73 Å². The van der Waals surface area contributed by atoms with Gasteiger partial charge in [0.2, 0.25) is 0 Å². The minimum atomic E-state index is 0.499. The average molecular weight is 341 g/mol. The number of nitrogens with zero attached hydrogens (tertiary/aromatic N) is 2. The number of anilines is 1. The molecule has 3 heteroatoms. The zero-order chi connectivity index (χ0) is 18.3. The lowest BCUT2D eigenvalue weighted by Crippen LogP contribution is -1.99. The molecule has 0 aliphatic rings. The van der Waals surface area contributed by atoms with Crippen LogP contribution in [-0.4, -0.2) is 9.97 Å². The fraction of sp³-hybridized carbons (Fsp3) is 0.217. The molecule has 0 unspecified atom stereocenters. The van der Waals surface area contributed by atoms with Crippen molar-refractivity contribution < 1.29 is 0 Å². The lowest BCUT2D eigenvalue weighted by Gasteiger charge is -2.10. The number of fused-ring (bicyclic) bond motifs is 3. The van der Waals surface area contributed by atoms with Gasteiger partial charge in [-0.05, 0) is 68.0 Å². The van der Waals surface area contributed by atoms with E-state index in [0.29, 0.717) is 5.82 Å². The third-order valence-corrected chi connectivity index (χ3v) is 5.06. The first-order valence-electron chi connectivity index (χ1n) is 9.02. The average Bonchev–Trinajstić information content (AvgIpc) is 2.62. The Balaban J connectivity index is 1.74. The predicted molar refractivity (Wildman–Crippen MR) is 110 cm³/mol. The molecule has 4 aromatic rings. The van der Waals surface area contributed by atoms with Gasteiger partial charge in [-0.25, -0.2) is 4.98 Å². The van der Waals surface area contributed by atoms with Crippen LogP contribution in [0.2, 0.25) is 0 Å². The summed E-state index contributed by atoms with van der Waals surface area (Å²) in [6.07, 6.45) is 3.91. The maximum Gasteiger partial charge on any atom is 0.150 e. The topological polar surface area (TPSA) is 51.8 Å². The summed E-state index contributed by atoms with van der Waals surface area (Å²) in [5.41, 5.74) is 14.3. The van der Waals surface area contributed by atoms with Gasteiger partial charge < -0.3 is 5.73 Å². The number of aryl methyl sites for hydroxylation is 5.